The lowest BCUT2D eigenvalue weighted by molar-refractivity contribution is 0.414. The average Bonchev–Trinajstić information content (AvgIpc) is 3.24. The molecular formula is C28H20ClNO3S. The number of rotatable bonds is 5. The maximum atomic E-state index is 13.9. The van der Waals surface area contributed by atoms with Crippen molar-refractivity contribution in [3.63, 3.8) is 0 Å². The van der Waals surface area contributed by atoms with Crippen molar-refractivity contribution in [2.45, 2.75) is 22.1 Å². The monoisotopic (exact) mass is 485 g/mol. The highest BCUT2D eigenvalue weighted by atomic mass is 35.5. The summed E-state index contributed by atoms with van der Waals surface area (Å²) in [5.41, 5.74) is 5.18. The number of ether oxygens (including phenoxy) is 1. The van der Waals surface area contributed by atoms with Crippen LogP contribution in [0.4, 0.5) is 0 Å². The lowest BCUT2D eigenvalue weighted by Crippen LogP contribution is -2.12. The first kappa shape index (κ1) is 22.2. The highest BCUT2D eigenvalue weighted by Gasteiger charge is 2.33. The second-order valence-electron chi connectivity index (χ2n) is 8.11. The van der Waals surface area contributed by atoms with E-state index < -0.39 is 15.8 Å². The lowest BCUT2D eigenvalue weighted by Gasteiger charge is -2.20. The van der Waals surface area contributed by atoms with Gasteiger partial charge in [-0.05, 0) is 70.1 Å². The Morgan fingerprint density at radius 3 is 2.29 bits per heavy atom. The zero-order valence-corrected chi connectivity index (χ0v) is 19.9. The first-order chi connectivity index (χ1) is 16.5. The minimum Gasteiger partial charge on any atom is -0.497 e. The number of nitrogens with zero attached hydrogens (tertiary/aromatic N) is 1. The number of halogens is 1. The Balaban J connectivity index is 1.79. The van der Waals surface area contributed by atoms with E-state index in [-0.39, 0.29) is 14.8 Å². The van der Waals surface area contributed by atoms with Crippen molar-refractivity contribution < 1.29 is 13.2 Å². The van der Waals surface area contributed by atoms with Crippen LogP contribution in [0.25, 0.3) is 11.1 Å². The molecule has 4 nitrogen and oxygen atoms in total. The molecule has 0 N–H and O–H groups in total. The summed E-state index contributed by atoms with van der Waals surface area (Å²) in [6, 6.07) is 27.4. The second-order valence-corrected chi connectivity index (χ2v) is 10.4. The Morgan fingerprint density at radius 1 is 0.882 bits per heavy atom. The lowest BCUT2D eigenvalue weighted by atomic mass is 9.87. The van der Waals surface area contributed by atoms with Crippen molar-refractivity contribution in [1.29, 1.82) is 5.26 Å². The van der Waals surface area contributed by atoms with E-state index in [1.165, 1.54) is 6.07 Å². The van der Waals surface area contributed by atoms with Crippen molar-refractivity contribution in [1.82, 2.24) is 0 Å². The van der Waals surface area contributed by atoms with Gasteiger partial charge in [0, 0.05) is 0 Å². The zero-order valence-electron chi connectivity index (χ0n) is 18.3. The van der Waals surface area contributed by atoms with E-state index in [0.29, 0.717) is 23.3 Å². The number of methoxy groups -OCH3 is 1. The Kier molecular flexibility index (Phi) is 5.65. The first-order valence-electron chi connectivity index (χ1n) is 10.7. The van der Waals surface area contributed by atoms with Gasteiger partial charge in [-0.2, -0.15) is 5.26 Å². The van der Waals surface area contributed by atoms with Crippen LogP contribution in [-0.4, -0.2) is 15.5 Å². The predicted molar refractivity (Wildman–Crippen MR) is 132 cm³/mol. The minimum atomic E-state index is -3.99. The Labute approximate surface area is 203 Å². The molecule has 168 valence electrons. The number of fused-ring (bicyclic) bond motifs is 3. The summed E-state index contributed by atoms with van der Waals surface area (Å²) in [7, 11) is -2.42. The van der Waals surface area contributed by atoms with Gasteiger partial charge >= 0.3 is 0 Å². The van der Waals surface area contributed by atoms with Gasteiger partial charge < -0.3 is 4.74 Å². The molecule has 34 heavy (non-hydrogen) atoms. The molecule has 0 amide bonds. The summed E-state index contributed by atoms with van der Waals surface area (Å²) in [6.45, 7) is 0. The zero-order chi connectivity index (χ0) is 23.9. The summed E-state index contributed by atoms with van der Waals surface area (Å²) < 4.78 is 33.0. The average molecular weight is 486 g/mol. The summed E-state index contributed by atoms with van der Waals surface area (Å²) >= 11 is 6.31. The van der Waals surface area contributed by atoms with E-state index in [4.69, 9.17) is 16.3 Å². The van der Waals surface area contributed by atoms with E-state index in [1.807, 2.05) is 30.3 Å². The van der Waals surface area contributed by atoms with Crippen LogP contribution in [0.2, 0.25) is 5.02 Å². The molecule has 1 unspecified atom stereocenters. The van der Waals surface area contributed by atoms with Crippen LogP contribution in [0.15, 0.2) is 94.7 Å². The van der Waals surface area contributed by atoms with Crippen LogP contribution in [0, 0.1) is 11.3 Å². The molecule has 4 aromatic carbocycles. The largest absolute Gasteiger partial charge is 0.497 e. The van der Waals surface area contributed by atoms with Crippen LogP contribution >= 0.6 is 11.6 Å². The van der Waals surface area contributed by atoms with Gasteiger partial charge in [0.1, 0.15) is 5.75 Å². The van der Waals surface area contributed by atoms with Crippen LogP contribution in [-0.2, 0) is 16.3 Å². The fourth-order valence-corrected chi connectivity index (χ4v) is 6.69. The smallest absolute Gasteiger partial charge is 0.208 e. The summed E-state index contributed by atoms with van der Waals surface area (Å²) in [5.74, 6) is -0.127. The third-order valence-corrected chi connectivity index (χ3v) is 8.59. The molecular weight excluding hydrogens is 466 g/mol. The van der Waals surface area contributed by atoms with Crippen molar-refractivity contribution >= 4 is 21.4 Å². The number of hydrogen-bond acceptors (Lipinski definition) is 4. The van der Waals surface area contributed by atoms with Gasteiger partial charge in [0.05, 0.1) is 33.9 Å². The number of sulfone groups is 1. The number of hydrogen-bond donors (Lipinski definition) is 0. The molecule has 0 saturated carbocycles. The van der Waals surface area contributed by atoms with Gasteiger partial charge in [-0.15, -0.1) is 0 Å². The molecule has 0 bridgehead atoms. The van der Waals surface area contributed by atoms with Crippen molar-refractivity contribution in [3.8, 4) is 22.9 Å². The molecule has 1 aliphatic rings. The fraction of sp³-hybridized carbons (Fsp3) is 0.107. The fourth-order valence-electron chi connectivity index (χ4n) is 4.65. The van der Waals surface area contributed by atoms with Gasteiger partial charge in [-0.3, -0.25) is 0 Å². The summed E-state index contributed by atoms with van der Waals surface area (Å²) in [6.07, 6.45) is 0.557. The maximum absolute atomic E-state index is 13.9. The van der Waals surface area contributed by atoms with Gasteiger partial charge in [0.25, 0.3) is 0 Å². The van der Waals surface area contributed by atoms with Crippen LogP contribution in [0.5, 0.6) is 5.75 Å². The van der Waals surface area contributed by atoms with Gasteiger partial charge in [0.15, 0.2) is 0 Å². The Bertz CT molecular complexity index is 1550. The van der Waals surface area contributed by atoms with E-state index >= 15 is 0 Å². The molecule has 0 radical (unpaired) electrons. The highest BCUT2D eigenvalue weighted by molar-refractivity contribution is 7.91. The Morgan fingerprint density at radius 2 is 1.59 bits per heavy atom. The molecule has 1 aliphatic carbocycles. The maximum Gasteiger partial charge on any atom is 0.208 e. The molecule has 0 aliphatic heterocycles. The van der Waals surface area contributed by atoms with E-state index in [2.05, 4.69) is 6.07 Å². The van der Waals surface area contributed by atoms with Crippen molar-refractivity contribution in [3.05, 3.63) is 112 Å². The van der Waals surface area contributed by atoms with Crippen molar-refractivity contribution in [2.75, 3.05) is 7.11 Å². The molecule has 0 aromatic heterocycles. The van der Waals surface area contributed by atoms with E-state index in [1.54, 1.807) is 55.6 Å². The molecule has 0 heterocycles. The molecule has 5 rings (SSSR count). The number of nitriles is 1. The number of benzene rings is 4. The van der Waals surface area contributed by atoms with Gasteiger partial charge in [-0.1, -0.05) is 66.2 Å². The first-order valence-corrected chi connectivity index (χ1v) is 12.6. The standard InChI is InChI=1S/C28H20ClNO3S/c1-33-20-12-10-18(11-13-20)24(17-30)28-23-16-19-6-2-3-7-21(19)22(23)14-15-27(28)34(31,32)26-9-5-4-8-25(26)29/h2-15,24H,16H2,1H3. The van der Waals surface area contributed by atoms with E-state index in [0.717, 1.165) is 22.3 Å². The predicted octanol–water partition coefficient (Wildman–Crippen LogP) is 6.41. The molecule has 6 heteroatoms. The van der Waals surface area contributed by atoms with E-state index in [9.17, 15) is 13.7 Å². The van der Waals surface area contributed by atoms with Gasteiger partial charge in [-0.25, -0.2) is 8.42 Å². The van der Waals surface area contributed by atoms with Crippen LogP contribution in [0.3, 0.4) is 0 Å². The third kappa shape index (κ3) is 3.56. The molecule has 0 spiro atoms. The minimum absolute atomic E-state index is 0.0276. The second kappa shape index (κ2) is 8.64. The Hall–Kier alpha value is -3.59. The molecule has 0 saturated heterocycles. The summed E-state index contributed by atoms with van der Waals surface area (Å²) in [5, 5.41) is 10.5. The SMILES string of the molecule is COc1ccc(C(C#N)c2c(S(=O)(=O)c3ccccc3Cl)ccc3c2Cc2ccccc2-3)cc1. The highest BCUT2D eigenvalue weighted by Crippen LogP contribution is 2.45. The normalized spacial score (nSPS) is 13.0. The van der Waals surface area contributed by atoms with Crippen molar-refractivity contribution in [2.24, 2.45) is 0 Å². The third-order valence-electron chi connectivity index (χ3n) is 6.27. The summed E-state index contributed by atoms with van der Waals surface area (Å²) in [4.78, 5) is 0.134. The molecule has 4 aromatic rings. The topological polar surface area (TPSA) is 67.2 Å². The molecule has 1 atom stereocenters. The van der Waals surface area contributed by atoms with Crippen LogP contribution in [0.1, 0.15) is 28.2 Å². The molecule has 0 fully saturated rings. The van der Waals surface area contributed by atoms with Gasteiger partial charge in [0.2, 0.25) is 9.84 Å². The van der Waals surface area contributed by atoms with Crippen LogP contribution < -0.4 is 4.74 Å². The quantitative estimate of drug-likeness (QED) is 0.288.